The fraction of sp³-hybridized carbons (Fsp3) is 0.778. The van der Waals surface area contributed by atoms with Crippen molar-refractivity contribution < 1.29 is 19.1 Å². The largest absolute Gasteiger partial charge is 0.348 e. The van der Waals surface area contributed by atoms with Gasteiger partial charge in [-0.05, 0) is 6.42 Å². The number of rotatable bonds is 2. The molecular weight excluding hydrogens is 186 g/mol. The Morgan fingerprint density at radius 1 is 1.29 bits per heavy atom. The highest BCUT2D eigenvalue weighted by Crippen LogP contribution is 2.32. The van der Waals surface area contributed by atoms with E-state index in [1.54, 1.807) is 0 Å². The molecule has 0 aliphatic carbocycles. The number of nitrogens with zero attached hydrogens (tertiary/aromatic N) is 1. The Bertz CT molecular complexity index is 219. The molecule has 2 saturated heterocycles. The first-order valence-corrected chi connectivity index (χ1v) is 4.74. The zero-order valence-electron chi connectivity index (χ0n) is 7.85. The molecule has 2 aliphatic heterocycles. The van der Waals surface area contributed by atoms with Crippen molar-refractivity contribution in [2.45, 2.75) is 24.7 Å². The van der Waals surface area contributed by atoms with Gasteiger partial charge in [-0.2, -0.15) is 0 Å². The van der Waals surface area contributed by atoms with Crippen molar-refractivity contribution in [3.05, 3.63) is 0 Å². The van der Waals surface area contributed by atoms with Crippen LogP contribution in [0, 0.1) is 0 Å². The van der Waals surface area contributed by atoms with Gasteiger partial charge in [0.05, 0.1) is 25.8 Å². The van der Waals surface area contributed by atoms with Gasteiger partial charge in [0.15, 0.2) is 5.79 Å². The summed E-state index contributed by atoms with van der Waals surface area (Å²) >= 11 is 0. The summed E-state index contributed by atoms with van der Waals surface area (Å²) in [6.45, 7) is 1.64. The molecule has 5 nitrogen and oxygen atoms in total. The lowest BCUT2D eigenvalue weighted by atomic mass is 10.1. The van der Waals surface area contributed by atoms with Crippen molar-refractivity contribution in [1.29, 1.82) is 0 Å². The standard InChI is InChI=1S/C9H13NO4/c11-5-8-4-9(6-10(8)7-12)13-2-1-3-14-9/h5,7-8H,1-4,6H2/t8-/m0/s1. The van der Waals surface area contributed by atoms with Gasteiger partial charge in [0.2, 0.25) is 6.41 Å². The third-order valence-electron chi connectivity index (χ3n) is 2.68. The summed E-state index contributed by atoms with van der Waals surface area (Å²) in [5.41, 5.74) is 0. The highest BCUT2D eigenvalue weighted by atomic mass is 16.7. The first-order chi connectivity index (χ1) is 6.79. The minimum Gasteiger partial charge on any atom is -0.348 e. The zero-order valence-corrected chi connectivity index (χ0v) is 7.85. The van der Waals surface area contributed by atoms with E-state index in [9.17, 15) is 9.59 Å². The molecule has 1 atom stereocenters. The van der Waals surface area contributed by atoms with E-state index in [0.29, 0.717) is 32.6 Å². The zero-order chi connectivity index (χ0) is 10.0. The van der Waals surface area contributed by atoms with Gasteiger partial charge in [-0.3, -0.25) is 4.79 Å². The third kappa shape index (κ3) is 1.53. The van der Waals surface area contributed by atoms with Crippen LogP contribution in [0.25, 0.3) is 0 Å². The fourth-order valence-corrected chi connectivity index (χ4v) is 1.96. The van der Waals surface area contributed by atoms with Crippen molar-refractivity contribution in [3.8, 4) is 0 Å². The molecule has 5 heteroatoms. The second kappa shape index (κ2) is 3.67. The van der Waals surface area contributed by atoms with Crippen molar-refractivity contribution >= 4 is 12.7 Å². The number of hydrogen-bond donors (Lipinski definition) is 0. The summed E-state index contributed by atoms with van der Waals surface area (Å²) in [6.07, 6.45) is 2.77. The molecule has 0 aromatic rings. The van der Waals surface area contributed by atoms with E-state index in [1.165, 1.54) is 4.90 Å². The molecule has 1 amide bonds. The lowest BCUT2D eigenvalue weighted by molar-refractivity contribution is -0.257. The maximum absolute atomic E-state index is 10.7. The lowest BCUT2D eigenvalue weighted by Crippen LogP contribution is -2.42. The number of amides is 1. The molecule has 1 spiro atoms. The molecule has 0 radical (unpaired) electrons. The van der Waals surface area contributed by atoms with E-state index < -0.39 is 11.8 Å². The van der Waals surface area contributed by atoms with Crippen LogP contribution in [0.2, 0.25) is 0 Å². The van der Waals surface area contributed by atoms with Gasteiger partial charge in [-0.25, -0.2) is 0 Å². The van der Waals surface area contributed by atoms with Crippen molar-refractivity contribution in [3.63, 3.8) is 0 Å². The average molecular weight is 199 g/mol. The fourth-order valence-electron chi connectivity index (χ4n) is 1.96. The van der Waals surface area contributed by atoms with Crippen LogP contribution in [0.5, 0.6) is 0 Å². The number of carbonyl (C=O) groups excluding carboxylic acids is 2. The molecule has 14 heavy (non-hydrogen) atoms. The van der Waals surface area contributed by atoms with Crippen LogP contribution in [0.1, 0.15) is 12.8 Å². The van der Waals surface area contributed by atoms with Crippen molar-refractivity contribution in [2.24, 2.45) is 0 Å². The average Bonchev–Trinajstić information content (AvgIpc) is 2.57. The van der Waals surface area contributed by atoms with Crippen LogP contribution < -0.4 is 0 Å². The SMILES string of the molecule is O=C[C@@H]1CC2(CN1C=O)OCCCO2. The van der Waals surface area contributed by atoms with Gasteiger partial charge >= 0.3 is 0 Å². The molecule has 78 valence electrons. The number of hydrogen-bond acceptors (Lipinski definition) is 4. The smallest absolute Gasteiger partial charge is 0.210 e. The molecule has 0 unspecified atom stereocenters. The van der Waals surface area contributed by atoms with E-state index in [1.807, 2.05) is 0 Å². The van der Waals surface area contributed by atoms with E-state index in [4.69, 9.17) is 9.47 Å². The summed E-state index contributed by atoms with van der Waals surface area (Å²) in [6, 6.07) is -0.398. The minimum atomic E-state index is -0.718. The van der Waals surface area contributed by atoms with Crippen molar-refractivity contribution in [2.75, 3.05) is 19.8 Å². The van der Waals surface area contributed by atoms with E-state index >= 15 is 0 Å². The Morgan fingerprint density at radius 2 is 2.00 bits per heavy atom. The predicted molar refractivity (Wildman–Crippen MR) is 46.5 cm³/mol. The Balaban J connectivity index is 2.08. The van der Waals surface area contributed by atoms with E-state index in [0.717, 1.165) is 12.7 Å². The maximum atomic E-state index is 10.7. The quantitative estimate of drug-likeness (QED) is 0.565. The Kier molecular flexibility index (Phi) is 2.52. The van der Waals surface area contributed by atoms with Gasteiger partial charge in [-0.1, -0.05) is 0 Å². The topological polar surface area (TPSA) is 55.8 Å². The highest BCUT2D eigenvalue weighted by molar-refractivity contribution is 5.65. The number of aldehydes is 1. The summed E-state index contributed by atoms with van der Waals surface area (Å²) in [4.78, 5) is 22.8. The highest BCUT2D eigenvalue weighted by Gasteiger charge is 2.46. The molecule has 0 bridgehead atoms. The van der Waals surface area contributed by atoms with Gasteiger partial charge in [0.25, 0.3) is 0 Å². The predicted octanol–water partition coefficient (Wildman–Crippen LogP) is -0.451. The van der Waals surface area contributed by atoms with E-state index in [2.05, 4.69) is 0 Å². The summed E-state index contributed by atoms with van der Waals surface area (Å²) in [7, 11) is 0. The summed E-state index contributed by atoms with van der Waals surface area (Å²) < 4.78 is 11.0. The molecule has 2 heterocycles. The Morgan fingerprint density at radius 3 is 2.50 bits per heavy atom. The van der Waals surface area contributed by atoms with Crippen LogP contribution in [0.3, 0.4) is 0 Å². The maximum Gasteiger partial charge on any atom is 0.210 e. The Hall–Kier alpha value is -0.940. The van der Waals surface area contributed by atoms with Crippen LogP contribution in [0.15, 0.2) is 0 Å². The Labute approximate surface area is 82.0 Å². The second-order valence-electron chi connectivity index (χ2n) is 3.65. The molecule has 0 aromatic carbocycles. The molecule has 2 aliphatic rings. The number of likely N-dealkylation sites (tertiary alicyclic amines) is 1. The molecule has 0 saturated carbocycles. The van der Waals surface area contributed by atoms with Crippen molar-refractivity contribution in [1.82, 2.24) is 4.90 Å². The number of ether oxygens (including phenoxy) is 2. The normalized spacial score (nSPS) is 30.6. The van der Waals surface area contributed by atoms with Crippen LogP contribution in [0.4, 0.5) is 0 Å². The van der Waals surface area contributed by atoms with Gasteiger partial charge in [-0.15, -0.1) is 0 Å². The third-order valence-corrected chi connectivity index (χ3v) is 2.68. The molecule has 2 fully saturated rings. The lowest BCUT2D eigenvalue weighted by Gasteiger charge is -2.32. The summed E-state index contributed by atoms with van der Waals surface area (Å²) in [5, 5.41) is 0. The van der Waals surface area contributed by atoms with Gasteiger partial charge < -0.3 is 19.2 Å². The molecular formula is C9H13NO4. The number of carbonyl (C=O) groups is 2. The van der Waals surface area contributed by atoms with Gasteiger partial charge in [0, 0.05) is 6.42 Å². The molecule has 0 aromatic heterocycles. The summed E-state index contributed by atoms with van der Waals surface area (Å²) in [5.74, 6) is -0.718. The van der Waals surface area contributed by atoms with E-state index in [-0.39, 0.29) is 0 Å². The second-order valence-corrected chi connectivity index (χ2v) is 3.65. The first-order valence-electron chi connectivity index (χ1n) is 4.74. The van der Waals surface area contributed by atoms with Gasteiger partial charge in [0.1, 0.15) is 6.29 Å². The molecule has 2 rings (SSSR count). The minimum absolute atomic E-state index is 0.361. The van der Waals surface area contributed by atoms with Crippen LogP contribution in [-0.4, -0.2) is 49.2 Å². The molecule has 0 N–H and O–H groups in total. The van der Waals surface area contributed by atoms with Crippen LogP contribution in [-0.2, 0) is 19.1 Å². The van der Waals surface area contributed by atoms with Crippen LogP contribution >= 0.6 is 0 Å². The first kappa shape index (κ1) is 9.61. The monoisotopic (exact) mass is 199 g/mol.